The van der Waals surface area contributed by atoms with Gasteiger partial charge >= 0.3 is 23.9 Å². The summed E-state index contributed by atoms with van der Waals surface area (Å²) in [7, 11) is 0. The van der Waals surface area contributed by atoms with Gasteiger partial charge in [-0.15, -0.1) is 0 Å². The smallest absolute Gasteiger partial charge is 0.339 e. The molecule has 28 heteroatoms. The molecule has 18 rings (SSSR count). The van der Waals surface area contributed by atoms with E-state index in [0.29, 0.717) is 139 Å². The lowest BCUT2D eigenvalue weighted by Crippen LogP contribution is -2.16. The van der Waals surface area contributed by atoms with Crippen LogP contribution in [-0.2, 0) is 71.3 Å². The van der Waals surface area contributed by atoms with E-state index in [1.54, 1.807) is 48.5 Å². The van der Waals surface area contributed by atoms with E-state index in [1.807, 2.05) is 60.7 Å². The molecule has 4 aliphatic heterocycles. The molecule has 0 radical (unpaired) electrons. The number of aromatic amines is 4. The van der Waals surface area contributed by atoms with Crippen molar-refractivity contribution in [3.63, 3.8) is 0 Å². The first-order chi connectivity index (χ1) is 54.3. The summed E-state index contributed by atoms with van der Waals surface area (Å²) in [4.78, 5) is 87.2. The van der Waals surface area contributed by atoms with E-state index in [4.69, 9.17) is 30.4 Å². The lowest BCUT2D eigenvalue weighted by Gasteiger charge is -2.14. The molecule has 0 spiro atoms. The normalized spacial score (nSPS) is 15.9. The Hall–Kier alpha value is -14.3. The molecule has 4 unspecified atom stereocenters. The molecular weight excluding hydrogens is 1430 g/mol. The lowest BCUT2D eigenvalue weighted by atomic mass is 9.96. The third kappa shape index (κ3) is 12.9. The minimum Gasteiger partial charge on any atom is -0.508 e. The number of nitrogen functional groups attached to an aromatic ring is 2. The number of H-pyrrole nitrogens is 4. The summed E-state index contributed by atoms with van der Waals surface area (Å²) in [5, 5.41) is 81.2. The van der Waals surface area contributed by atoms with Gasteiger partial charge in [-0.2, -0.15) is 0 Å². The number of ether oxygens (including phenoxy) is 4. The number of rotatable bonds is 22. The average Bonchev–Trinajstić information content (AvgIpc) is 1.61. The summed E-state index contributed by atoms with van der Waals surface area (Å²) in [5.41, 5.74) is 29.0. The number of carbonyl (C=O) groups is 4. The second-order valence-electron chi connectivity index (χ2n) is 27.8. The van der Waals surface area contributed by atoms with Gasteiger partial charge < -0.3 is 92.0 Å². The van der Waals surface area contributed by atoms with Gasteiger partial charge in [0.25, 0.3) is 11.4 Å². The number of nitro benzene ring substituents is 2. The van der Waals surface area contributed by atoms with Gasteiger partial charge in [0.2, 0.25) is 0 Å². The van der Waals surface area contributed by atoms with Crippen LogP contribution in [-0.4, -0.2) is 74.1 Å². The van der Waals surface area contributed by atoms with Crippen LogP contribution in [0.3, 0.4) is 0 Å². The highest BCUT2D eigenvalue weighted by Crippen LogP contribution is 2.48. The number of hydrogen-bond acceptors (Lipinski definition) is 22. The molecule has 0 amide bonds. The van der Waals surface area contributed by atoms with E-state index >= 15 is 0 Å². The van der Waals surface area contributed by atoms with Crippen LogP contribution in [0.1, 0.15) is 155 Å². The number of benzene rings is 10. The number of hydrogen-bond donors (Lipinski definition) is 14. The molecule has 8 heterocycles. The molecule has 14 aromatic rings. The number of nitro groups is 2. The lowest BCUT2D eigenvalue weighted by molar-refractivity contribution is -0.383. The number of nitrogens with two attached hydrogens (primary N) is 2. The van der Waals surface area contributed by atoms with Crippen molar-refractivity contribution in [3.05, 3.63) is 326 Å². The molecule has 4 aliphatic rings. The van der Waals surface area contributed by atoms with Crippen molar-refractivity contribution in [1.82, 2.24) is 41.2 Å². The molecule has 0 aliphatic carbocycles. The number of para-hydroxylation sites is 4. The van der Waals surface area contributed by atoms with Crippen LogP contribution in [0.2, 0.25) is 0 Å². The number of nitrogens with zero attached hydrogens (tertiary/aromatic N) is 2. The highest BCUT2D eigenvalue weighted by atomic mass is 16.6. The fraction of sp³-hybridized carbons (Fsp3) is 0.143. The Morgan fingerprint density at radius 3 is 0.830 bits per heavy atom. The summed E-state index contributed by atoms with van der Waals surface area (Å²) in [6.45, 7) is 3.42. The van der Waals surface area contributed by atoms with Gasteiger partial charge in [0, 0.05) is 153 Å². The largest absolute Gasteiger partial charge is 0.508 e. The van der Waals surface area contributed by atoms with E-state index < -0.39 is 58.1 Å². The molecule has 0 bridgehead atoms. The summed E-state index contributed by atoms with van der Waals surface area (Å²) in [5.74, 6) is -1.91. The maximum atomic E-state index is 12.8. The second kappa shape index (κ2) is 28.7. The van der Waals surface area contributed by atoms with Gasteiger partial charge in [-0.1, -0.05) is 97.1 Å². The maximum absolute atomic E-state index is 12.8. The first-order valence-corrected chi connectivity index (χ1v) is 35.8. The van der Waals surface area contributed by atoms with E-state index in [2.05, 4.69) is 65.5 Å². The number of aromatic hydroxyl groups is 4. The second-order valence-corrected chi connectivity index (χ2v) is 27.8. The molecule has 0 saturated carbocycles. The van der Waals surface area contributed by atoms with Crippen LogP contribution < -0.4 is 32.7 Å². The Labute approximate surface area is 634 Å². The minimum absolute atomic E-state index is 0.0375. The number of cyclic esters (lactones) is 4. The van der Waals surface area contributed by atoms with Crippen LogP contribution >= 0.6 is 0 Å². The number of fused-ring (bicyclic) bond motifs is 8. The number of aromatic nitrogens is 4. The topological polar surface area (TPSA) is 436 Å². The van der Waals surface area contributed by atoms with Crippen molar-refractivity contribution >= 4 is 90.2 Å². The fourth-order valence-electron chi connectivity index (χ4n) is 15.7. The third-order valence-corrected chi connectivity index (χ3v) is 20.9. The SMILES string of the molecule is Nc1cccc2c(C3OC(=O)c4ccc(O)cc43)c(CNCc3ccc(CNCc4[nH]c5c(N)cccc5c4C4OC(=O)c5ccc(O)cc54)cc3)[nH]c12.O=C1OC(c2c(CNCc3ccc(CNCc4[nH]c5c([N+](=O)[O-])cccc5c4C4OC(=O)c5ccc(O)cc54)cc3)[nH]c3c([N+](=O)[O-])cccc23)c2cc(O)ccc21. The summed E-state index contributed by atoms with van der Waals surface area (Å²) >= 11 is 0. The molecule has 4 atom stereocenters. The molecule has 0 saturated heterocycles. The standard InChI is InChI=1S/C42H32N6O10.C42H36N6O6/c49-23-11-13-25-29(15-23)39(57-41(25)51)35-27-3-1-5-33(47(53)54)37(27)45-31(35)19-43-17-21-7-9-22(10-8-21)18-44-20-32-36(28-4-2-6-34(48(55)56)38(28)46-32)40-30-16-24(50)12-14-26(30)42(52)58-40;43-31-5-1-3-27-35(39-29-15-23(49)11-13-25(29)41(51)53-39)33(47-37(27)31)19-45-17-21-7-9-22(10-8-21)18-46-20-34-36(28-4-2-6-32(44)38(28)48-34)40-30-16-24(50)12-14-26(30)42(52)54-40/h1-16,39-40,43-46,49-50H,17-20H2;1-16,39-40,45-50H,17-20,43-44H2. The molecule has 10 aromatic carbocycles. The maximum Gasteiger partial charge on any atom is 0.339 e. The minimum atomic E-state index is -0.887. The van der Waals surface area contributed by atoms with Crippen molar-refractivity contribution in [2.75, 3.05) is 11.5 Å². The van der Waals surface area contributed by atoms with Crippen LogP contribution in [0.4, 0.5) is 22.7 Å². The van der Waals surface area contributed by atoms with Crippen molar-refractivity contribution in [2.24, 2.45) is 0 Å². The number of anilines is 2. The molecule has 16 N–H and O–H groups in total. The van der Waals surface area contributed by atoms with Crippen LogP contribution in [0, 0.1) is 20.2 Å². The number of carbonyl (C=O) groups excluding carboxylic acids is 4. The Kier molecular flexibility index (Phi) is 18.1. The zero-order chi connectivity index (χ0) is 77.3. The first kappa shape index (κ1) is 70.6. The fourth-order valence-corrected chi connectivity index (χ4v) is 15.7. The predicted molar refractivity (Wildman–Crippen MR) is 412 cm³/mol. The van der Waals surface area contributed by atoms with Crippen LogP contribution in [0.5, 0.6) is 23.0 Å². The first-order valence-electron chi connectivity index (χ1n) is 35.8. The van der Waals surface area contributed by atoms with Crippen molar-refractivity contribution < 1.29 is 68.4 Å². The monoisotopic (exact) mass is 1500 g/mol. The Morgan fingerprint density at radius 1 is 0.330 bits per heavy atom. The molecule has 560 valence electrons. The third-order valence-electron chi connectivity index (χ3n) is 20.9. The van der Waals surface area contributed by atoms with Crippen molar-refractivity contribution in [1.29, 1.82) is 0 Å². The van der Waals surface area contributed by atoms with Crippen LogP contribution in [0.25, 0.3) is 43.6 Å². The summed E-state index contributed by atoms with van der Waals surface area (Å²) in [6, 6.07) is 54.9. The zero-order valence-electron chi connectivity index (χ0n) is 59.2. The number of esters is 4. The quantitative estimate of drug-likeness (QED) is 0.00985. The van der Waals surface area contributed by atoms with E-state index in [9.17, 15) is 59.8 Å². The van der Waals surface area contributed by atoms with E-state index in [1.165, 1.54) is 60.7 Å². The molecule has 112 heavy (non-hydrogen) atoms. The number of nitrogens with one attached hydrogen (secondary N) is 8. The number of phenolic OH excluding ortho intramolecular Hbond substituents is 4. The number of non-ortho nitro benzene ring substituents is 2. The molecule has 0 fully saturated rings. The van der Waals surface area contributed by atoms with Crippen LogP contribution in [0.15, 0.2) is 194 Å². The van der Waals surface area contributed by atoms with E-state index in [0.717, 1.165) is 66.6 Å². The Balaban J connectivity index is 0.000000163. The predicted octanol–water partition coefficient (Wildman–Crippen LogP) is 13.3. The summed E-state index contributed by atoms with van der Waals surface area (Å²) in [6.07, 6.45) is -3.15. The van der Waals surface area contributed by atoms with Crippen molar-refractivity contribution in [3.8, 4) is 23.0 Å². The summed E-state index contributed by atoms with van der Waals surface area (Å²) < 4.78 is 23.2. The van der Waals surface area contributed by atoms with Crippen molar-refractivity contribution in [2.45, 2.75) is 76.8 Å². The Morgan fingerprint density at radius 2 is 0.571 bits per heavy atom. The average molecular weight is 1500 g/mol. The van der Waals surface area contributed by atoms with Gasteiger partial charge in [0.1, 0.15) is 34.0 Å². The number of phenols is 4. The highest BCUT2D eigenvalue weighted by Gasteiger charge is 2.41. The van der Waals surface area contributed by atoms with Gasteiger partial charge in [-0.3, -0.25) is 20.2 Å². The van der Waals surface area contributed by atoms with Gasteiger partial charge in [0.05, 0.1) is 54.5 Å². The van der Waals surface area contributed by atoms with Gasteiger partial charge in [-0.25, -0.2) is 19.2 Å². The molecule has 28 nitrogen and oxygen atoms in total. The van der Waals surface area contributed by atoms with E-state index in [-0.39, 0.29) is 47.5 Å². The highest BCUT2D eigenvalue weighted by molar-refractivity contribution is 6.02. The van der Waals surface area contributed by atoms with Gasteiger partial charge in [0.15, 0.2) is 24.4 Å². The van der Waals surface area contributed by atoms with Gasteiger partial charge in [-0.05, 0) is 107 Å². The molecule has 4 aromatic heterocycles. The molecular formula is C84H68N12O16. The zero-order valence-corrected chi connectivity index (χ0v) is 59.2. The Bertz CT molecular complexity index is 5850.